The fraction of sp³-hybridized carbons (Fsp3) is 0.571. The molecule has 0 aromatic heterocycles. The maximum Gasteiger partial charge on any atom is 0.0743 e. The van der Waals surface area contributed by atoms with E-state index >= 15 is 0 Å². The van der Waals surface area contributed by atoms with Gasteiger partial charge in [0.1, 0.15) is 0 Å². The lowest BCUT2D eigenvalue weighted by Gasteiger charge is -2.31. The standard InChI is InChI=1S/C14H21NO/c1-10-6-8-12(9-7-10)14(15)11(2)16-13-4-3-5-13/h6-9,11,13-14H,3-5,15H2,1-2H3. The van der Waals surface area contributed by atoms with Gasteiger partial charge < -0.3 is 10.5 Å². The van der Waals surface area contributed by atoms with Gasteiger partial charge in [-0.15, -0.1) is 0 Å². The average molecular weight is 219 g/mol. The molecule has 0 heterocycles. The molecule has 0 bridgehead atoms. The molecule has 2 atom stereocenters. The zero-order chi connectivity index (χ0) is 11.5. The largest absolute Gasteiger partial charge is 0.373 e. The van der Waals surface area contributed by atoms with E-state index in [1.165, 1.54) is 24.8 Å². The fourth-order valence-electron chi connectivity index (χ4n) is 1.95. The maximum atomic E-state index is 6.19. The van der Waals surface area contributed by atoms with Crippen LogP contribution in [-0.2, 0) is 4.74 Å². The molecule has 0 radical (unpaired) electrons. The normalized spacial score (nSPS) is 20.2. The van der Waals surface area contributed by atoms with Gasteiger partial charge in [-0.1, -0.05) is 29.8 Å². The Morgan fingerprint density at radius 1 is 1.25 bits per heavy atom. The number of rotatable bonds is 4. The summed E-state index contributed by atoms with van der Waals surface area (Å²) in [4.78, 5) is 0. The summed E-state index contributed by atoms with van der Waals surface area (Å²) < 4.78 is 5.91. The van der Waals surface area contributed by atoms with Crippen LogP contribution < -0.4 is 5.73 Å². The first kappa shape index (κ1) is 11.6. The van der Waals surface area contributed by atoms with E-state index in [-0.39, 0.29) is 12.1 Å². The first-order valence-corrected chi connectivity index (χ1v) is 6.14. The van der Waals surface area contributed by atoms with Crippen LogP contribution in [0.2, 0.25) is 0 Å². The molecule has 1 aromatic carbocycles. The Morgan fingerprint density at radius 3 is 2.38 bits per heavy atom. The molecule has 0 saturated heterocycles. The Kier molecular flexibility index (Phi) is 3.62. The van der Waals surface area contributed by atoms with Crippen LogP contribution in [0.5, 0.6) is 0 Å². The minimum absolute atomic E-state index is 0.0128. The summed E-state index contributed by atoms with van der Waals surface area (Å²) in [6.07, 6.45) is 4.26. The second-order valence-corrected chi connectivity index (χ2v) is 4.83. The Bertz CT molecular complexity index is 329. The molecule has 2 heteroatoms. The second kappa shape index (κ2) is 4.98. The van der Waals surface area contributed by atoms with Crippen LogP contribution in [0.4, 0.5) is 0 Å². The minimum atomic E-state index is -0.0128. The van der Waals surface area contributed by atoms with Crippen molar-refractivity contribution in [2.24, 2.45) is 5.73 Å². The quantitative estimate of drug-likeness (QED) is 0.845. The zero-order valence-electron chi connectivity index (χ0n) is 10.1. The number of aryl methyl sites for hydroxylation is 1. The Labute approximate surface area is 97.8 Å². The van der Waals surface area contributed by atoms with Crippen molar-refractivity contribution in [3.8, 4) is 0 Å². The van der Waals surface area contributed by atoms with E-state index in [1.54, 1.807) is 0 Å². The van der Waals surface area contributed by atoms with Gasteiger partial charge >= 0.3 is 0 Å². The molecule has 1 saturated carbocycles. The van der Waals surface area contributed by atoms with E-state index in [0.717, 1.165) is 5.56 Å². The SMILES string of the molecule is Cc1ccc(C(N)C(C)OC2CCC2)cc1. The molecule has 0 amide bonds. The van der Waals surface area contributed by atoms with Crippen molar-refractivity contribution in [2.45, 2.75) is 51.4 Å². The molecule has 0 aliphatic heterocycles. The van der Waals surface area contributed by atoms with Crippen LogP contribution in [0.25, 0.3) is 0 Å². The van der Waals surface area contributed by atoms with E-state index in [9.17, 15) is 0 Å². The van der Waals surface area contributed by atoms with Crippen LogP contribution in [0.3, 0.4) is 0 Å². The molecular formula is C14H21NO. The van der Waals surface area contributed by atoms with Crippen molar-refractivity contribution in [3.05, 3.63) is 35.4 Å². The smallest absolute Gasteiger partial charge is 0.0743 e. The molecule has 0 spiro atoms. The Hall–Kier alpha value is -0.860. The lowest BCUT2D eigenvalue weighted by Crippen LogP contribution is -2.33. The molecule has 16 heavy (non-hydrogen) atoms. The highest BCUT2D eigenvalue weighted by atomic mass is 16.5. The molecule has 2 rings (SSSR count). The van der Waals surface area contributed by atoms with Crippen molar-refractivity contribution >= 4 is 0 Å². The molecule has 88 valence electrons. The van der Waals surface area contributed by atoms with Crippen molar-refractivity contribution in [1.82, 2.24) is 0 Å². The lowest BCUT2D eigenvalue weighted by atomic mass is 9.95. The highest BCUT2D eigenvalue weighted by molar-refractivity contribution is 5.24. The molecule has 1 aliphatic carbocycles. The molecule has 1 aromatic rings. The summed E-state index contributed by atoms with van der Waals surface area (Å²) >= 11 is 0. The highest BCUT2D eigenvalue weighted by Crippen LogP contribution is 2.26. The van der Waals surface area contributed by atoms with E-state index in [4.69, 9.17) is 10.5 Å². The second-order valence-electron chi connectivity index (χ2n) is 4.83. The summed E-state index contributed by atoms with van der Waals surface area (Å²) in [6, 6.07) is 8.39. The summed E-state index contributed by atoms with van der Waals surface area (Å²) in [5.41, 5.74) is 8.62. The van der Waals surface area contributed by atoms with Gasteiger partial charge in [-0.3, -0.25) is 0 Å². The minimum Gasteiger partial charge on any atom is -0.373 e. The van der Waals surface area contributed by atoms with Crippen molar-refractivity contribution in [3.63, 3.8) is 0 Å². The van der Waals surface area contributed by atoms with Gasteiger partial charge in [0.2, 0.25) is 0 Å². The number of nitrogens with two attached hydrogens (primary N) is 1. The number of hydrogen-bond acceptors (Lipinski definition) is 2. The average Bonchev–Trinajstić information content (AvgIpc) is 2.23. The summed E-state index contributed by atoms with van der Waals surface area (Å²) in [7, 11) is 0. The van der Waals surface area contributed by atoms with Crippen LogP contribution >= 0.6 is 0 Å². The van der Waals surface area contributed by atoms with Gasteiger partial charge in [0.15, 0.2) is 0 Å². The van der Waals surface area contributed by atoms with Gasteiger partial charge in [-0.2, -0.15) is 0 Å². The van der Waals surface area contributed by atoms with E-state index in [1.807, 2.05) is 0 Å². The number of benzene rings is 1. The van der Waals surface area contributed by atoms with E-state index in [0.29, 0.717) is 6.10 Å². The number of ether oxygens (including phenoxy) is 1. The Morgan fingerprint density at radius 2 is 1.88 bits per heavy atom. The molecule has 2 unspecified atom stereocenters. The Balaban J connectivity index is 1.94. The molecular weight excluding hydrogens is 198 g/mol. The summed E-state index contributed by atoms with van der Waals surface area (Å²) in [5.74, 6) is 0. The first-order chi connectivity index (χ1) is 7.66. The van der Waals surface area contributed by atoms with Gasteiger partial charge in [-0.05, 0) is 38.7 Å². The molecule has 1 aliphatic rings. The third kappa shape index (κ3) is 2.63. The third-order valence-corrected chi connectivity index (χ3v) is 3.43. The first-order valence-electron chi connectivity index (χ1n) is 6.14. The lowest BCUT2D eigenvalue weighted by molar-refractivity contribution is -0.0532. The third-order valence-electron chi connectivity index (χ3n) is 3.43. The van der Waals surface area contributed by atoms with Gasteiger partial charge in [0.25, 0.3) is 0 Å². The monoisotopic (exact) mass is 219 g/mol. The molecule has 1 fully saturated rings. The van der Waals surface area contributed by atoms with Crippen molar-refractivity contribution < 1.29 is 4.74 Å². The predicted molar refractivity (Wildman–Crippen MR) is 66.3 cm³/mol. The van der Waals surface area contributed by atoms with Gasteiger partial charge in [0, 0.05) is 0 Å². The van der Waals surface area contributed by atoms with E-state index < -0.39 is 0 Å². The van der Waals surface area contributed by atoms with Crippen LogP contribution in [0, 0.1) is 6.92 Å². The fourth-order valence-corrected chi connectivity index (χ4v) is 1.95. The molecule has 2 N–H and O–H groups in total. The predicted octanol–water partition coefficient (Wildman–Crippen LogP) is 2.95. The highest BCUT2D eigenvalue weighted by Gasteiger charge is 2.24. The van der Waals surface area contributed by atoms with Crippen LogP contribution in [0.15, 0.2) is 24.3 Å². The van der Waals surface area contributed by atoms with Gasteiger partial charge in [-0.25, -0.2) is 0 Å². The topological polar surface area (TPSA) is 35.2 Å². The number of hydrogen-bond donors (Lipinski definition) is 1. The van der Waals surface area contributed by atoms with Crippen molar-refractivity contribution in [2.75, 3.05) is 0 Å². The van der Waals surface area contributed by atoms with Crippen LogP contribution in [0.1, 0.15) is 43.4 Å². The maximum absolute atomic E-state index is 6.19. The van der Waals surface area contributed by atoms with Gasteiger partial charge in [0.05, 0.1) is 18.2 Å². The molecule has 2 nitrogen and oxygen atoms in total. The summed E-state index contributed by atoms with van der Waals surface area (Å²) in [5, 5.41) is 0. The van der Waals surface area contributed by atoms with Crippen LogP contribution in [-0.4, -0.2) is 12.2 Å². The summed E-state index contributed by atoms with van der Waals surface area (Å²) in [6.45, 7) is 4.16. The van der Waals surface area contributed by atoms with E-state index in [2.05, 4.69) is 38.1 Å². The zero-order valence-corrected chi connectivity index (χ0v) is 10.1. The van der Waals surface area contributed by atoms with Crippen molar-refractivity contribution in [1.29, 1.82) is 0 Å².